The quantitative estimate of drug-likeness (QED) is 0.208. The molecule has 9 heteroatoms. The smallest absolute Gasteiger partial charge is 0.323 e. The summed E-state index contributed by atoms with van der Waals surface area (Å²) >= 11 is 15.7. The second-order valence-electron chi connectivity index (χ2n) is 9.64. The van der Waals surface area contributed by atoms with Gasteiger partial charge in [0.25, 0.3) is 0 Å². The largest absolute Gasteiger partial charge is 0.326 e. The van der Waals surface area contributed by atoms with Crippen molar-refractivity contribution >= 4 is 75.7 Å². The molecule has 0 bridgehead atoms. The molecule has 6 rings (SSSR count). The van der Waals surface area contributed by atoms with Gasteiger partial charge in [-0.2, -0.15) is 0 Å². The summed E-state index contributed by atoms with van der Waals surface area (Å²) in [6.07, 6.45) is 8.21. The topological polar surface area (TPSA) is 61.4 Å². The normalized spacial score (nSPS) is 17.6. The van der Waals surface area contributed by atoms with Crippen LogP contribution in [0.1, 0.15) is 10.8 Å². The predicted molar refractivity (Wildman–Crippen MR) is 176 cm³/mol. The summed E-state index contributed by atoms with van der Waals surface area (Å²) in [5, 5.41) is 6.23. The number of anilines is 3. The molecule has 5 nitrogen and oxygen atoms in total. The Balaban J connectivity index is 1.24. The molecular formula is C33H25Cl2N3O2S2. The van der Waals surface area contributed by atoms with E-state index in [0.29, 0.717) is 16.4 Å². The molecule has 1 aliphatic carbocycles. The Bertz CT molecular complexity index is 1700. The molecule has 4 aromatic rings. The Morgan fingerprint density at radius 3 is 2.45 bits per heavy atom. The Kier molecular flexibility index (Phi) is 8.63. The molecule has 0 fully saturated rings. The number of allylic oxidation sites excluding steroid dienone is 2. The first-order valence-corrected chi connectivity index (χ1v) is 15.8. The van der Waals surface area contributed by atoms with Gasteiger partial charge in [0.15, 0.2) is 0 Å². The van der Waals surface area contributed by atoms with Crippen LogP contribution in [0.25, 0.3) is 0 Å². The van der Waals surface area contributed by atoms with Gasteiger partial charge < -0.3 is 10.6 Å². The summed E-state index contributed by atoms with van der Waals surface area (Å²) in [4.78, 5) is 31.1. The number of nitrogens with one attached hydrogen (secondary N) is 2. The molecule has 3 atom stereocenters. The van der Waals surface area contributed by atoms with E-state index in [-0.39, 0.29) is 28.3 Å². The minimum Gasteiger partial charge on any atom is -0.323 e. The SMILES string of the molecule is O=C(Nc1cccc(Cl)c1Cl)C(Sc1cccc(NC(=O)N2c3ccccc3SC3C=CC=CC32)c1)c1ccccc1. The summed E-state index contributed by atoms with van der Waals surface area (Å²) < 4.78 is 0. The first-order chi connectivity index (χ1) is 20.5. The number of para-hydroxylation sites is 1. The number of rotatable bonds is 6. The van der Waals surface area contributed by atoms with Crippen LogP contribution in [0.15, 0.2) is 131 Å². The van der Waals surface area contributed by atoms with Gasteiger partial charge in [0.1, 0.15) is 5.25 Å². The van der Waals surface area contributed by atoms with E-state index in [0.717, 1.165) is 21.0 Å². The van der Waals surface area contributed by atoms with Crippen LogP contribution in [-0.4, -0.2) is 23.2 Å². The van der Waals surface area contributed by atoms with Crippen molar-refractivity contribution in [1.82, 2.24) is 0 Å². The zero-order chi connectivity index (χ0) is 29.1. The molecule has 210 valence electrons. The van der Waals surface area contributed by atoms with Crippen molar-refractivity contribution in [2.24, 2.45) is 0 Å². The number of thioether (sulfide) groups is 2. The molecule has 1 heterocycles. The standard InChI is InChI=1S/C33H25Cl2N3O2S2/c34-24-14-9-15-25(30(24)35)37-32(39)31(21-10-2-1-3-11-21)41-23-13-8-12-22(20-23)36-33(40)38-26-16-4-6-18-28(26)42-29-19-7-5-17-27(29)38/h1-20,26,28,31H,(H,36,40)(H,37,39). The number of nitrogens with zero attached hydrogens (tertiary/aromatic N) is 1. The van der Waals surface area contributed by atoms with Crippen molar-refractivity contribution in [3.8, 4) is 0 Å². The number of carbonyl (C=O) groups excluding carboxylic acids is 2. The van der Waals surface area contributed by atoms with Gasteiger partial charge in [-0.15, -0.1) is 23.5 Å². The van der Waals surface area contributed by atoms with Gasteiger partial charge in [-0.3, -0.25) is 9.69 Å². The molecule has 1 aliphatic heterocycles. The third-order valence-electron chi connectivity index (χ3n) is 6.85. The average molecular weight is 631 g/mol. The number of halogens is 2. The fourth-order valence-corrected chi connectivity index (χ4v) is 7.58. The van der Waals surface area contributed by atoms with Crippen LogP contribution in [0.4, 0.5) is 21.9 Å². The third kappa shape index (κ3) is 6.10. The minimum atomic E-state index is -0.585. The van der Waals surface area contributed by atoms with E-state index >= 15 is 0 Å². The number of fused-ring (bicyclic) bond motifs is 2. The van der Waals surface area contributed by atoms with E-state index in [9.17, 15) is 9.59 Å². The van der Waals surface area contributed by atoms with Crippen molar-refractivity contribution in [2.45, 2.75) is 26.3 Å². The van der Waals surface area contributed by atoms with E-state index in [1.165, 1.54) is 11.8 Å². The molecule has 3 unspecified atom stereocenters. The highest BCUT2D eigenvalue weighted by molar-refractivity contribution is 8.00. The summed E-state index contributed by atoms with van der Waals surface area (Å²) in [6.45, 7) is 0. The lowest BCUT2D eigenvalue weighted by Crippen LogP contribution is -2.49. The van der Waals surface area contributed by atoms with Crippen LogP contribution < -0.4 is 15.5 Å². The van der Waals surface area contributed by atoms with Crippen LogP contribution in [0.3, 0.4) is 0 Å². The van der Waals surface area contributed by atoms with Gasteiger partial charge >= 0.3 is 6.03 Å². The van der Waals surface area contributed by atoms with Crippen molar-refractivity contribution < 1.29 is 9.59 Å². The lowest BCUT2D eigenvalue weighted by Gasteiger charge is -2.40. The molecule has 3 amide bonds. The first kappa shape index (κ1) is 28.5. The fraction of sp³-hybridized carbons (Fsp3) is 0.0909. The summed E-state index contributed by atoms with van der Waals surface area (Å²) in [5.74, 6) is -0.240. The Morgan fingerprint density at radius 2 is 1.60 bits per heavy atom. The monoisotopic (exact) mass is 629 g/mol. The zero-order valence-corrected chi connectivity index (χ0v) is 25.3. The van der Waals surface area contributed by atoms with Gasteiger partial charge in [0, 0.05) is 15.5 Å². The van der Waals surface area contributed by atoms with Crippen molar-refractivity contribution in [3.63, 3.8) is 0 Å². The number of hydrogen-bond donors (Lipinski definition) is 2. The second-order valence-corrected chi connectivity index (χ2v) is 12.8. The zero-order valence-electron chi connectivity index (χ0n) is 22.1. The summed E-state index contributed by atoms with van der Waals surface area (Å²) in [7, 11) is 0. The number of carbonyl (C=O) groups is 2. The molecule has 0 radical (unpaired) electrons. The van der Waals surface area contributed by atoms with Gasteiger partial charge in [-0.25, -0.2) is 4.79 Å². The number of hydrogen-bond acceptors (Lipinski definition) is 4. The molecule has 2 N–H and O–H groups in total. The van der Waals surface area contributed by atoms with E-state index in [1.54, 1.807) is 30.0 Å². The summed E-state index contributed by atoms with van der Waals surface area (Å²) in [6, 6.07) is 29.8. The van der Waals surface area contributed by atoms with Gasteiger partial charge in [-0.05, 0) is 48.0 Å². The van der Waals surface area contributed by atoms with Gasteiger partial charge in [0.05, 0.1) is 32.7 Å². The molecule has 0 saturated carbocycles. The maximum Gasteiger partial charge on any atom is 0.326 e. The van der Waals surface area contributed by atoms with E-state index in [1.807, 2.05) is 95.9 Å². The molecule has 0 spiro atoms. The highest BCUT2D eigenvalue weighted by Gasteiger charge is 2.36. The van der Waals surface area contributed by atoms with Gasteiger partial charge in [-0.1, -0.05) is 102 Å². The average Bonchev–Trinajstić information content (AvgIpc) is 3.01. The van der Waals surface area contributed by atoms with Crippen molar-refractivity contribution in [2.75, 3.05) is 15.5 Å². The lowest BCUT2D eigenvalue weighted by molar-refractivity contribution is -0.115. The van der Waals surface area contributed by atoms with E-state index in [2.05, 4.69) is 22.8 Å². The first-order valence-electron chi connectivity index (χ1n) is 13.3. The molecule has 0 aromatic heterocycles. The maximum absolute atomic E-state index is 13.8. The predicted octanol–water partition coefficient (Wildman–Crippen LogP) is 9.47. The molecule has 42 heavy (non-hydrogen) atoms. The maximum atomic E-state index is 13.8. The number of urea groups is 1. The minimum absolute atomic E-state index is 0.100. The van der Waals surface area contributed by atoms with Crippen LogP contribution >= 0.6 is 46.7 Å². The van der Waals surface area contributed by atoms with E-state index < -0.39 is 5.25 Å². The summed E-state index contributed by atoms with van der Waals surface area (Å²) in [5.41, 5.74) is 2.80. The highest BCUT2D eigenvalue weighted by atomic mass is 35.5. The van der Waals surface area contributed by atoms with Crippen LogP contribution in [0.5, 0.6) is 0 Å². The van der Waals surface area contributed by atoms with Crippen LogP contribution in [0, 0.1) is 0 Å². The molecule has 4 aromatic carbocycles. The van der Waals surface area contributed by atoms with Crippen molar-refractivity contribution in [1.29, 1.82) is 0 Å². The van der Waals surface area contributed by atoms with Crippen molar-refractivity contribution in [3.05, 3.63) is 137 Å². The Labute approximate surface area is 263 Å². The Morgan fingerprint density at radius 1 is 0.833 bits per heavy atom. The van der Waals surface area contributed by atoms with Crippen LogP contribution in [-0.2, 0) is 4.79 Å². The fourth-order valence-electron chi connectivity index (χ4n) is 4.89. The molecule has 2 aliphatic rings. The van der Waals surface area contributed by atoms with Gasteiger partial charge in [0.2, 0.25) is 5.91 Å². The highest BCUT2D eigenvalue weighted by Crippen LogP contribution is 2.44. The lowest BCUT2D eigenvalue weighted by atomic mass is 10.1. The third-order valence-corrected chi connectivity index (χ3v) is 10.2. The van der Waals surface area contributed by atoms with Crippen LogP contribution in [0.2, 0.25) is 10.0 Å². The van der Waals surface area contributed by atoms with E-state index in [4.69, 9.17) is 23.2 Å². The number of benzene rings is 4. The Hall–Kier alpha value is -3.62. The second kappa shape index (κ2) is 12.7. The molecular weight excluding hydrogens is 605 g/mol. The number of amides is 3. The molecule has 0 saturated heterocycles.